The number of nitrogens with one attached hydrogen (secondary N) is 2. The molecule has 0 aliphatic heterocycles. The highest BCUT2D eigenvalue weighted by molar-refractivity contribution is 9.10. The summed E-state index contributed by atoms with van der Waals surface area (Å²) >= 11 is 6.33. The molecule has 298 valence electrons. The first-order valence-corrected chi connectivity index (χ1v) is 21.0. The summed E-state index contributed by atoms with van der Waals surface area (Å²) < 4.78 is 6.28. The molecule has 7 aromatic rings. The molecule has 0 bridgehead atoms. The van der Waals surface area contributed by atoms with Gasteiger partial charge in [0.05, 0.1) is 17.9 Å². The fourth-order valence-electron chi connectivity index (χ4n) is 7.00. The largest absolute Gasteiger partial charge is 0.497 e. The highest BCUT2D eigenvalue weighted by Crippen LogP contribution is 2.44. The maximum absolute atomic E-state index is 13.3. The fourth-order valence-corrected chi connectivity index (χ4v) is 8.31. The van der Waals surface area contributed by atoms with Gasteiger partial charge in [0.15, 0.2) is 10.3 Å². The van der Waals surface area contributed by atoms with Crippen LogP contribution in [0.25, 0.3) is 11.1 Å². The van der Waals surface area contributed by atoms with Crippen LogP contribution in [-0.2, 0) is 9.59 Å². The Hall–Kier alpha value is -5.42. The molecule has 7 nitrogen and oxygen atoms in total. The minimum atomic E-state index is -0.700. The van der Waals surface area contributed by atoms with Crippen molar-refractivity contribution in [3.8, 4) is 16.9 Å². The second-order valence-electron chi connectivity index (χ2n) is 14.6. The number of aromatic nitrogens is 2. The number of hydrogen-bond acceptors (Lipinski definition) is 7. The zero-order chi connectivity index (χ0) is 40.4. The third-order valence-electron chi connectivity index (χ3n) is 10.1. The molecule has 2 aromatic heterocycles. The summed E-state index contributed by atoms with van der Waals surface area (Å²) in [5, 5.41) is 10.9. The first-order chi connectivity index (χ1) is 27.5. The van der Waals surface area contributed by atoms with Crippen LogP contribution in [0.5, 0.6) is 5.75 Å². The van der Waals surface area contributed by atoms with E-state index in [0.29, 0.717) is 10.3 Å². The lowest BCUT2D eigenvalue weighted by molar-refractivity contribution is -0.125. The van der Waals surface area contributed by atoms with Crippen LogP contribution in [0.4, 0.5) is 10.3 Å². The average Bonchev–Trinajstić information content (AvgIpc) is 3.95. The van der Waals surface area contributed by atoms with Gasteiger partial charge in [-0.25, -0.2) is 9.97 Å². The van der Waals surface area contributed by atoms with Gasteiger partial charge in [-0.2, -0.15) is 0 Å². The van der Waals surface area contributed by atoms with Gasteiger partial charge in [-0.3, -0.25) is 9.59 Å². The Kier molecular flexibility index (Phi) is 14.9. The molecule has 58 heavy (non-hydrogen) atoms. The highest BCUT2D eigenvalue weighted by Gasteiger charge is 2.40. The van der Waals surface area contributed by atoms with Crippen molar-refractivity contribution in [2.24, 2.45) is 10.8 Å². The zero-order valence-electron chi connectivity index (χ0n) is 32.5. The molecule has 10 heteroatoms. The van der Waals surface area contributed by atoms with Crippen molar-refractivity contribution in [2.75, 3.05) is 17.7 Å². The predicted octanol–water partition coefficient (Wildman–Crippen LogP) is 13.0. The molecule has 2 amide bonds. The molecule has 7 rings (SSSR count). The molecular weight excluding hydrogens is 825 g/mol. The third kappa shape index (κ3) is 10.5. The Morgan fingerprint density at radius 3 is 1.29 bits per heavy atom. The van der Waals surface area contributed by atoms with E-state index in [-0.39, 0.29) is 31.1 Å². The molecule has 0 saturated heterocycles. The summed E-state index contributed by atoms with van der Waals surface area (Å²) in [6, 6.07) is 45.0. The number of rotatable bonds is 12. The van der Waals surface area contributed by atoms with Crippen molar-refractivity contribution >= 4 is 60.7 Å². The van der Waals surface area contributed by atoms with Gasteiger partial charge in [-0.1, -0.05) is 160 Å². The Morgan fingerprint density at radius 2 is 0.931 bits per heavy atom. The van der Waals surface area contributed by atoms with E-state index >= 15 is 0 Å². The first-order valence-electron chi connectivity index (χ1n) is 18.5. The lowest BCUT2D eigenvalue weighted by Crippen LogP contribution is -2.37. The Balaban J connectivity index is 0.000000224. The average molecular weight is 874 g/mol. The highest BCUT2D eigenvalue weighted by atomic mass is 79.9. The maximum atomic E-state index is 13.3. The van der Waals surface area contributed by atoms with Crippen molar-refractivity contribution in [3.63, 3.8) is 0 Å². The Morgan fingerprint density at radius 1 is 0.569 bits per heavy atom. The third-order valence-corrected chi connectivity index (χ3v) is 12.0. The van der Waals surface area contributed by atoms with Crippen LogP contribution in [-0.4, -0.2) is 28.9 Å². The van der Waals surface area contributed by atoms with Crippen LogP contribution in [0, 0.1) is 10.8 Å². The first kappa shape index (κ1) is 43.7. The van der Waals surface area contributed by atoms with Gasteiger partial charge >= 0.3 is 0 Å². The number of methoxy groups -OCH3 is 1. The lowest BCUT2D eigenvalue weighted by atomic mass is 9.70. The minimum absolute atomic E-state index is 0. The van der Waals surface area contributed by atoms with Crippen molar-refractivity contribution in [1.82, 2.24) is 9.97 Å². The number of carbonyl (C=O) groups excluding carboxylic acids is 2. The molecule has 0 radical (unpaired) electrons. The van der Waals surface area contributed by atoms with E-state index in [9.17, 15) is 9.59 Å². The molecule has 0 fully saturated rings. The summed E-state index contributed by atoms with van der Waals surface area (Å²) in [5.74, 6) is 0.553. The molecule has 0 spiro atoms. The molecule has 5 aromatic carbocycles. The van der Waals surface area contributed by atoms with Crippen LogP contribution in [0.1, 0.15) is 69.2 Å². The van der Waals surface area contributed by atoms with Crippen LogP contribution < -0.4 is 15.4 Å². The molecule has 2 N–H and O–H groups in total. The quantitative estimate of drug-likeness (QED) is 0.128. The van der Waals surface area contributed by atoms with Gasteiger partial charge in [0, 0.05) is 39.5 Å². The molecule has 0 aliphatic carbocycles. The molecule has 0 aliphatic rings. The predicted molar refractivity (Wildman–Crippen MR) is 245 cm³/mol. The summed E-state index contributed by atoms with van der Waals surface area (Å²) in [7, 11) is 1.67. The van der Waals surface area contributed by atoms with Crippen molar-refractivity contribution < 1.29 is 14.3 Å². The molecule has 2 unspecified atom stereocenters. The van der Waals surface area contributed by atoms with Gasteiger partial charge < -0.3 is 15.4 Å². The van der Waals surface area contributed by atoms with E-state index < -0.39 is 10.8 Å². The molecule has 0 saturated carbocycles. The van der Waals surface area contributed by atoms with Crippen LogP contribution in [0.3, 0.4) is 0 Å². The number of halogens is 1. The van der Waals surface area contributed by atoms with Gasteiger partial charge in [-0.05, 0) is 57.6 Å². The number of carbonyl (C=O) groups is 2. The van der Waals surface area contributed by atoms with E-state index in [1.165, 1.54) is 22.7 Å². The topological polar surface area (TPSA) is 93.2 Å². The number of hydrogen-bond donors (Lipinski definition) is 2. The lowest BCUT2D eigenvalue weighted by Gasteiger charge is -2.34. The van der Waals surface area contributed by atoms with E-state index in [4.69, 9.17) is 4.74 Å². The number of amides is 2. The molecule has 2 atom stereocenters. The van der Waals surface area contributed by atoms with Gasteiger partial charge in [0.1, 0.15) is 5.75 Å². The number of anilines is 2. The fraction of sp³-hybridized carbons (Fsp3) is 0.208. The number of nitrogens with zero attached hydrogens (tertiary/aromatic N) is 2. The van der Waals surface area contributed by atoms with Crippen molar-refractivity contribution in [3.05, 3.63) is 183 Å². The number of benzene rings is 5. The van der Waals surface area contributed by atoms with Crippen molar-refractivity contribution in [1.29, 1.82) is 0 Å². The van der Waals surface area contributed by atoms with Crippen LogP contribution in [0.2, 0.25) is 0 Å². The standard InChI is InChI=1S/C27H26N2O2S.C20H19BrN2OS.CH4/c1-27(2,25(30)29-26-28-17-18-32-26)24(21-7-5-4-6-8-21)22-11-9-19(10-12-22)20-13-15-23(31-3)16-14-20;1-20(2,18(24)23-19-22-12-13-25-19)17(14-6-4-3-5-7-14)15-8-10-16(21)11-9-15;/h4-18,24H,1-3H3,(H,28,29,30);3-13,17H,1-2H3,(H,22,23,24);1H4. The van der Waals surface area contributed by atoms with Crippen LogP contribution >= 0.6 is 38.6 Å². The summed E-state index contributed by atoms with van der Waals surface area (Å²) in [6.07, 6.45) is 3.39. The maximum Gasteiger partial charge on any atom is 0.232 e. The Bertz CT molecular complexity index is 2320. The van der Waals surface area contributed by atoms with Crippen molar-refractivity contribution in [2.45, 2.75) is 47.0 Å². The monoisotopic (exact) mass is 872 g/mol. The molecule has 2 heterocycles. The number of ether oxygens (including phenoxy) is 1. The number of thiazole rings is 2. The van der Waals surface area contributed by atoms with Gasteiger partial charge in [-0.15, -0.1) is 22.7 Å². The summed E-state index contributed by atoms with van der Waals surface area (Å²) in [5.41, 5.74) is 5.30. The van der Waals surface area contributed by atoms with E-state index in [2.05, 4.69) is 97.2 Å². The Labute approximate surface area is 358 Å². The van der Waals surface area contributed by atoms with E-state index in [1.807, 2.05) is 111 Å². The summed E-state index contributed by atoms with van der Waals surface area (Å²) in [4.78, 5) is 34.7. The summed E-state index contributed by atoms with van der Waals surface area (Å²) in [6.45, 7) is 7.95. The minimum Gasteiger partial charge on any atom is -0.497 e. The second kappa shape index (κ2) is 19.8. The smallest absolute Gasteiger partial charge is 0.232 e. The second-order valence-corrected chi connectivity index (χ2v) is 17.3. The SMILES string of the molecule is C.CC(C)(C(=O)Nc1nccs1)C(c1ccccc1)c1ccc(Br)cc1.COc1ccc(-c2ccc(C(c3ccccc3)C(C)(C)C(=O)Nc3nccs3)cc2)cc1. The normalized spacial score (nSPS) is 12.2. The van der Waals surface area contributed by atoms with E-state index in [0.717, 1.165) is 43.6 Å². The van der Waals surface area contributed by atoms with Crippen LogP contribution in [0.15, 0.2) is 161 Å². The van der Waals surface area contributed by atoms with E-state index in [1.54, 1.807) is 19.5 Å². The molecular formula is C48H49BrN4O3S2. The zero-order valence-corrected chi connectivity index (χ0v) is 35.7. The van der Waals surface area contributed by atoms with Gasteiger partial charge in [0.2, 0.25) is 11.8 Å². The van der Waals surface area contributed by atoms with Gasteiger partial charge in [0.25, 0.3) is 0 Å².